The van der Waals surface area contributed by atoms with E-state index in [1.165, 1.54) is 0 Å². The number of aliphatic hydroxyl groups is 1. The lowest BCUT2D eigenvalue weighted by Gasteiger charge is -2.44. The zero-order chi connectivity index (χ0) is 20.4. The van der Waals surface area contributed by atoms with Gasteiger partial charge in [0.05, 0.1) is 19.3 Å². The van der Waals surface area contributed by atoms with Crippen LogP contribution in [-0.2, 0) is 9.53 Å². The Morgan fingerprint density at radius 1 is 1.28 bits per heavy atom. The Labute approximate surface area is 173 Å². The molecule has 2 saturated carbocycles. The summed E-state index contributed by atoms with van der Waals surface area (Å²) < 4.78 is 20.0. The van der Waals surface area contributed by atoms with Gasteiger partial charge in [0.25, 0.3) is 0 Å². The zero-order valence-corrected chi connectivity index (χ0v) is 17.7. The number of morpholine rings is 1. The molecule has 3 N–H and O–H groups in total. The van der Waals surface area contributed by atoms with Crippen LogP contribution in [0.4, 0.5) is 4.39 Å². The Bertz CT molecular complexity index is 545. The Morgan fingerprint density at radius 3 is 2.93 bits per heavy atom. The third-order valence-electron chi connectivity index (χ3n) is 7.85. The molecule has 0 radical (unpaired) electrons. The van der Waals surface area contributed by atoms with Gasteiger partial charge < -0.3 is 20.5 Å². The molecule has 4 rings (SSSR count). The lowest BCUT2D eigenvalue weighted by molar-refractivity contribution is -0.124. The number of rotatable bonds is 5. The second-order valence-electron chi connectivity index (χ2n) is 9.72. The van der Waals surface area contributed by atoms with Gasteiger partial charge in [-0.2, -0.15) is 0 Å². The van der Waals surface area contributed by atoms with Gasteiger partial charge in [-0.1, -0.05) is 6.92 Å². The minimum Gasteiger partial charge on any atom is -0.396 e. The molecule has 1 amide bonds. The monoisotopic (exact) mass is 411 g/mol. The SMILES string of the molecule is CC1CCC(F)C2CC(C(=O)NC3CCCC(N4CCOCC4CCO)C3)NC12. The predicted molar refractivity (Wildman–Crippen MR) is 109 cm³/mol. The van der Waals surface area contributed by atoms with Gasteiger partial charge in [0, 0.05) is 43.2 Å². The van der Waals surface area contributed by atoms with Crippen LogP contribution >= 0.6 is 0 Å². The van der Waals surface area contributed by atoms with Crippen molar-refractivity contribution in [1.29, 1.82) is 0 Å². The number of halogens is 1. The number of aliphatic hydroxyl groups excluding tert-OH is 1. The molecule has 2 heterocycles. The highest BCUT2D eigenvalue weighted by molar-refractivity contribution is 5.82. The number of carbonyl (C=O) groups is 1. The lowest BCUT2D eigenvalue weighted by atomic mass is 9.77. The average Bonchev–Trinajstić information content (AvgIpc) is 3.19. The number of nitrogens with zero attached hydrogens (tertiary/aromatic N) is 1. The fourth-order valence-corrected chi connectivity index (χ4v) is 6.24. The molecule has 8 unspecified atom stereocenters. The summed E-state index contributed by atoms with van der Waals surface area (Å²) in [5, 5.41) is 16.1. The van der Waals surface area contributed by atoms with Crippen LogP contribution in [0.1, 0.15) is 58.3 Å². The fraction of sp³-hybridized carbons (Fsp3) is 0.955. The first kappa shape index (κ1) is 21.5. The van der Waals surface area contributed by atoms with Crippen molar-refractivity contribution in [3.63, 3.8) is 0 Å². The van der Waals surface area contributed by atoms with E-state index in [9.17, 15) is 14.3 Å². The van der Waals surface area contributed by atoms with Crippen molar-refractivity contribution in [2.45, 2.75) is 94.7 Å². The molecule has 0 aromatic rings. The summed E-state index contributed by atoms with van der Waals surface area (Å²) in [6.45, 7) is 4.69. The molecule has 2 aliphatic carbocycles. The fourth-order valence-electron chi connectivity index (χ4n) is 6.24. The highest BCUT2D eigenvalue weighted by Gasteiger charge is 2.46. The molecule has 0 aromatic carbocycles. The zero-order valence-electron chi connectivity index (χ0n) is 17.7. The van der Waals surface area contributed by atoms with Crippen molar-refractivity contribution in [2.24, 2.45) is 11.8 Å². The summed E-state index contributed by atoms with van der Waals surface area (Å²) >= 11 is 0. The number of amides is 1. The van der Waals surface area contributed by atoms with Crippen molar-refractivity contribution in [3.8, 4) is 0 Å². The molecule has 2 aliphatic heterocycles. The molecule has 166 valence electrons. The van der Waals surface area contributed by atoms with Crippen molar-refractivity contribution >= 4 is 5.91 Å². The molecular weight excluding hydrogens is 373 g/mol. The summed E-state index contributed by atoms with van der Waals surface area (Å²) in [6.07, 6.45) is 6.34. The van der Waals surface area contributed by atoms with E-state index in [4.69, 9.17) is 4.74 Å². The average molecular weight is 412 g/mol. The largest absolute Gasteiger partial charge is 0.396 e. The van der Waals surface area contributed by atoms with Crippen molar-refractivity contribution in [2.75, 3.05) is 26.4 Å². The van der Waals surface area contributed by atoms with E-state index >= 15 is 0 Å². The van der Waals surface area contributed by atoms with Gasteiger partial charge in [-0.05, 0) is 57.3 Å². The predicted octanol–water partition coefficient (Wildman–Crippen LogP) is 1.61. The minimum atomic E-state index is -0.773. The maximum Gasteiger partial charge on any atom is 0.237 e. The van der Waals surface area contributed by atoms with Crippen LogP contribution in [0.15, 0.2) is 0 Å². The van der Waals surface area contributed by atoms with E-state index in [1.807, 2.05) is 0 Å². The van der Waals surface area contributed by atoms with E-state index in [0.717, 1.165) is 51.7 Å². The summed E-state index contributed by atoms with van der Waals surface area (Å²) in [6, 6.07) is 0.775. The number of alkyl halides is 1. The second-order valence-corrected chi connectivity index (χ2v) is 9.72. The molecule has 0 aromatic heterocycles. The van der Waals surface area contributed by atoms with Gasteiger partial charge in [0.2, 0.25) is 5.91 Å². The van der Waals surface area contributed by atoms with Crippen LogP contribution in [-0.4, -0.2) is 78.7 Å². The van der Waals surface area contributed by atoms with Gasteiger partial charge in [0.1, 0.15) is 6.17 Å². The van der Waals surface area contributed by atoms with Crippen LogP contribution in [0.3, 0.4) is 0 Å². The van der Waals surface area contributed by atoms with Crippen LogP contribution in [0.2, 0.25) is 0 Å². The molecule has 8 atom stereocenters. The smallest absolute Gasteiger partial charge is 0.237 e. The van der Waals surface area contributed by atoms with Gasteiger partial charge in [0.15, 0.2) is 0 Å². The quantitative estimate of drug-likeness (QED) is 0.641. The lowest BCUT2D eigenvalue weighted by Crippen LogP contribution is -2.55. The molecule has 0 spiro atoms. The summed E-state index contributed by atoms with van der Waals surface area (Å²) in [7, 11) is 0. The van der Waals surface area contributed by atoms with Crippen molar-refractivity contribution in [1.82, 2.24) is 15.5 Å². The molecule has 6 nitrogen and oxygen atoms in total. The topological polar surface area (TPSA) is 73.8 Å². The van der Waals surface area contributed by atoms with E-state index in [1.54, 1.807) is 0 Å². The van der Waals surface area contributed by atoms with Crippen LogP contribution in [0.25, 0.3) is 0 Å². The second kappa shape index (κ2) is 9.58. The molecule has 29 heavy (non-hydrogen) atoms. The maximum atomic E-state index is 14.4. The van der Waals surface area contributed by atoms with E-state index in [-0.39, 0.29) is 42.6 Å². The van der Waals surface area contributed by atoms with Gasteiger partial charge >= 0.3 is 0 Å². The summed E-state index contributed by atoms with van der Waals surface area (Å²) in [5.41, 5.74) is 0. The Kier molecular flexibility index (Phi) is 7.10. The normalized spacial score (nSPS) is 43.7. The van der Waals surface area contributed by atoms with Gasteiger partial charge in [-0.25, -0.2) is 4.39 Å². The highest BCUT2D eigenvalue weighted by atomic mass is 19.1. The maximum absolute atomic E-state index is 14.4. The summed E-state index contributed by atoms with van der Waals surface area (Å²) in [5.74, 6) is 0.480. The minimum absolute atomic E-state index is 0.0128. The Hall–Kier alpha value is -0.760. The molecule has 4 fully saturated rings. The molecule has 0 bridgehead atoms. The standard InChI is InChI=1S/C22H38FN3O3/c1-14-5-6-19(23)18-12-20(25-21(14)18)22(28)24-15-3-2-4-16(11-15)26-8-10-29-13-17(26)7-9-27/h14-21,25,27H,2-13H2,1H3,(H,24,28). The number of ether oxygens (including phenoxy) is 1. The molecule has 7 heteroatoms. The van der Waals surface area contributed by atoms with Gasteiger partial charge in [-0.3, -0.25) is 9.69 Å². The van der Waals surface area contributed by atoms with Crippen molar-refractivity contribution < 1.29 is 19.0 Å². The number of fused-ring (bicyclic) bond motifs is 1. The third kappa shape index (κ3) is 4.78. The van der Waals surface area contributed by atoms with E-state index in [2.05, 4.69) is 22.5 Å². The number of nitrogens with one attached hydrogen (secondary N) is 2. The first-order valence-corrected chi connectivity index (χ1v) is 11.7. The third-order valence-corrected chi connectivity index (χ3v) is 7.85. The first-order chi connectivity index (χ1) is 14.1. The van der Waals surface area contributed by atoms with Crippen LogP contribution in [0.5, 0.6) is 0 Å². The summed E-state index contributed by atoms with van der Waals surface area (Å²) in [4.78, 5) is 15.5. The number of hydrogen-bond donors (Lipinski definition) is 3. The molecule has 2 saturated heterocycles. The molecule has 4 aliphatic rings. The van der Waals surface area contributed by atoms with Gasteiger partial charge in [-0.15, -0.1) is 0 Å². The highest BCUT2D eigenvalue weighted by Crippen LogP contribution is 2.38. The first-order valence-electron chi connectivity index (χ1n) is 11.7. The number of hydrogen-bond acceptors (Lipinski definition) is 5. The Morgan fingerprint density at radius 2 is 2.14 bits per heavy atom. The van der Waals surface area contributed by atoms with E-state index < -0.39 is 6.17 Å². The Balaban J connectivity index is 1.32. The van der Waals surface area contributed by atoms with Crippen LogP contribution < -0.4 is 10.6 Å². The van der Waals surface area contributed by atoms with E-state index in [0.29, 0.717) is 31.4 Å². The number of carbonyl (C=O) groups excluding carboxylic acids is 1. The molecular formula is C22H38FN3O3. The van der Waals surface area contributed by atoms with Crippen LogP contribution in [0, 0.1) is 11.8 Å². The van der Waals surface area contributed by atoms with Crippen molar-refractivity contribution in [3.05, 3.63) is 0 Å².